The number of fused-ring (bicyclic) bond motifs is 1. The second-order valence-electron chi connectivity index (χ2n) is 7.58. The van der Waals surface area contributed by atoms with Gasteiger partial charge in [-0.05, 0) is 49.8 Å². The van der Waals surface area contributed by atoms with Gasteiger partial charge in [0.05, 0.1) is 11.0 Å². The van der Waals surface area contributed by atoms with Crippen LogP contribution in [0.3, 0.4) is 0 Å². The number of likely N-dealkylation sites (tertiary alicyclic amines) is 2. The van der Waals surface area contributed by atoms with Crippen molar-refractivity contribution < 1.29 is 14.7 Å². The van der Waals surface area contributed by atoms with E-state index in [0.29, 0.717) is 29.6 Å². The number of aliphatic hydroxyl groups excluding tert-OH is 1. The molecule has 2 saturated heterocycles. The Kier molecular flexibility index (Phi) is 5.11. The summed E-state index contributed by atoms with van der Waals surface area (Å²) in [6, 6.07) is 5.44. The minimum absolute atomic E-state index is 0.0465. The van der Waals surface area contributed by atoms with Crippen molar-refractivity contribution in [3.05, 3.63) is 29.6 Å². The number of H-pyrrole nitrogens is 1. The first-order valence-corrected chi connectivity index (χ1v) is 9.80. The minimum atomic E-state index is -0.144. The number of nitrogens with one attached hydrogen (secondary N) is 1. The van der Waals surface area contributed by atoms with E-state index in [1.54, 1.807) is 6.07 Å². The number of hydrogen-bond donors (Lipinski definition) is 2. The zero-order valence-electron chi connectivity index (χ0n) is 15.5. The molecule has 0 spiro atoms. The summed E-state index contributed by atoms with van der Waals surface area (Å²) in [7, 11) is 0. The Bertz CT molecular complexity index is 839. The molecular weight excluding hydrogens is 344 g/mol. The number of aliphatic hydroxyl groups is 1. The predicted octanol–water partition coefficient (Wildman–Crippen LogP) is 1.92. The first kappa shape index (κ1) is 18.0. The van der Waals surface area contributed by atoms with Gasteiger partial charge in [-0.15, -0.1) is 0 Å². The van der Waals surface area contributed by atoms with Crippen LogP contribution in [0.5, 0.6) is 0 Å². The van der Waals surface area contributed by atoms with Crippen molar-refractivity contribution in [2.45, 2.75) is 38.7 Å². The van der Waals surface area contributed by atoms with Crippen LogP contribution in [0.2, 0.25) is 0 Å². The average molecular weight is 370 g/mol. The summed E-state index contributed by atoms with van der Waals surface area (Å²) in [5, 5.41) is 9.18. The normalized spacial score (nSPS) is 18.6. The van der Waals surface area contributed by atoms with Gasteiger partial charge >= 0.3 is 0 Å². The zero-order chi connectivity index (χ0) is 18.8. The van der Waals surface area contributed by atoms with E-state index in [4.69, 9.17) is 0 Å². The number of rotatable bonds is 5. The van der Waals surface area contributed by atoms with Gasteiger partial charge in [-0.25, -0.2) is 4.98 Å². The van der Waals surface area contributed by atoms with Crippen molar-refractivity contribution in [3.8, 4) is 0 Å². The molecule has 2 N–H and O–H groups in total. The van der Waals surface area contributed by atoms with Crippen molar-refractivity contribution in [1.82, 2.24) is 19.8 Å². The molecule has 2 aliphatic rings. The van der Waals surface area contributed by atoms with Gasteiger partial charge < -0.3 is 19.9 Å². The third-order valence-electron chi connectivity index (χ3n) is 5.81. The van der Waals surface area contributed by atoms with Gasteiger partial charge in [0.15, 0.2) is 0 Å². The Hall–Kier alpha value is -2.41. The lowest BCUT2D eigenvalue weighted by molar-refractivity contribution is -0.127. The van der Waals surface area contributed by atoms with Crippen molar-refractivity contribution in [3.63, 3.8) is 0 Å². The average Bonchev–Trinajstić information content (AvgIpc) is 3.31. The first-order valence-electron chi connectivity index (χ1n) is 9.80. The van der Waals surface area contributed by atoms with E-state index >= 15 is 0 Å². The van der Waals surface area contributed by atoms with Gasteiger partial charge in [-0.3, -0.25) is 9.59 Å². The quantitative estimate of drug-likeness (QED) is 0.841. The summed E-state index contributed by atoms with van der Waals surface area (Å²) in [6.07, 6.45) is 4.72. The van der Waals surface area contributed by atoms with Gasteiger partial charge in [0.1, 0.15) is 12.4 Å². The molecule has 0 aliphatic carbocycles. The number of benzene rings is 1. The molecule has 2 aromatic rings. The fourth-order valence-corrected chi connectivity index (χ4v) is 4.16. The summed E-state index contributed by atoms with van der Waals surface area (Å²) in [6.45, 7) is 3.15. The molecule has 0 atom stereocenters. The third kappa shape index (κ3) is 3.83. The molecule has 7 heteroatoms. The smallest absolute Gasteiger partial charge is 0.253 e. The largest absolute Gasteiger partial charge is 0.388 e. The van der Waals surface area contributed by atoms with E-state index in [-0.39, 0.29) is 12.5 Å². The molecule has 2 fully saturated rings. The topological polar surface area (TPSA) is 89.5 Å². The van der Waals surface area contributed by atoms with Crippen LogP contribution >= 0.6 is 0 Å². The maximum Gasteiger partial charge on any atom is 0.253 e. The van der Waals surface area contributed by atoms with Gasteiger partial charge in [0.25, 0.3) is 5.91 Å². The number of amides is 2. The molecular formula is C20H26N4O3. The SMILES string of the molecule is O=C1CCCN1CCC1CCN(C(=O)c2ccc3nc(CO)[nH]c3c2)CC1. The van der Waals surface area contributed by atoms with Crippen LogP contribution in [0.15, 0.2) is 18.2 Å². The van der Waals surface area contributed by atoms with Crippen LogP contribution in [0.1, 0.15) is 48.3 Å². The lowest BCUT2D eigenvalue weighted by Gasteiger charge is -2.32. The van der Waals surface area contributed by atoms with E-state index in [9.17, 15) is 14.7 Å². The fraction of sp³-hybridized carbons (Fsp3) is 0.550. The third-order valence-corrected chi connectivity index (χ3v) is 5.81. The Morgan fingerprint density at radius 1 is 1.26 bits per heavy atom. The number of carbonyl (C=O) groups excluding carboxylic acids is 2. The van der Waals surface area contributed by atoms with Gasteiger partial charge in [0.2, 0.25) is 5.91 Å². The highest BCUT2D eigenvalue weighted by molar-refractivity contribution is 5.97. The summed E-state index contributed by atoms with van der Waals surface area (Å²) in [4.78, 5) is 35.7. The predicted molar refractivity (Wildman–Crippen MR) is 101 cm³/mol. The molecule has 0 saturated carbocycles. The number of piperidine rings is 1. The fourth-order valence-electron chi connectivity index (χ4n) is 4.16. The number of nitrogens with zero attached hydrogens (tertiary/aromatic N) is 3. The summed E-state index contributed by atoms with van der Waals surface area (Å²) >= 11 is 0. The molecule has 27 heavy (non-hydrogen) atoms. The highest BCUT2D eigenvalue weighted by Crippen LogP contribution is 2.24. The second-order valence-corrected chi connectivity index (χ2v) is 7.58. The van der Waals surface area contributed by atoms with E-state index in [2.05, 4.69) is 9.97 Å². The highest BCUT2D eigenvalue weighted by atomic mass is 16.3. The monoisotopic (exact) mass is 370 g/mol. The molecule has 4 rings (SSSR count). The van der Waals surface area contributed by atoms with Crippen LogP contribution in [-0.4, -0.2) is 62.9 Å². The van der Waals surface area contributed by atoms with Crippen molar-refractivity contribution in [2.75, 3.05) is 26.2 Å². The van der Waals surface area contributed by atoms with Crippen LogP contribution < -0.4 is 0 Å². The van der Waals surface area contributed by atoms with Crippen LogP contribution in [-0.2, 0) is 11.4 Å². The number of aromatic nitrogens is 2. The molecule has 0 radical (unpaired) electrons. The molecule has 144 valence electrons. The molecule has 7 nitrogen and oxygen atoms in total. The highest BCUT2D eigenvalue weighted by Gasteiger charge is 2.26. The van der Waals surface area contributed by atoms with Gasteiger partial charge in [-0.1, -0.05) is 0 Å². The van der Waals surface area contributed by atoms with Crippen molar-refractivity contribution in [2.24, 2.45) is 5.92 Å². The first-order chi connectivity index (χ1) is 13.1. The lowest BCUT2D eigenvalue weighted by Crippen LogP contribution is -2.39. The maximum atomic E-state index is 12.8. The number of imidazole rings is 1. The maximum absolute atomic E-state index is 12.8. The summed E-state index contributed by atoms with van der Waals surface area (Å²) < 4.78 is 0. The van der Waals surface area contributed by atoms with Crippen molar-refractivity contribution in [1.29, 1.82) is 0 Å². The van der Waals surface area contributed by atoms with Crippen molar-refractivity contribution >= 4 is 22.8 Å². The molecule has 0 bridgehead atoms. The van der Waals surface area contributed by atoms with Crippen LogP contribution in [0.25, 0.3) is 11.0 Å². The Morgan fingerprint density at radius 2 is 2.07 bits per heavy atom. The Labute approximate surface area is 158 Å². The van der Waals surface area contributed by atoms with E-state index in [1.165, 1.54) is 0 Å². The molecule has 1 aromatic carbocycles. The summed E-state index contributed by atoms with van der Waals surface area (Å²) in [5.41, 5.74) is 2.18. The molecule has 2 amide bonds. The number of aromatic amines is 1. The summed E-state index contributed by atoms with van der Waals surface area (Å²) in [5.74, 6) is 1.43. The van der Waals surface area contributed by atoms with E-state index in [1.807, 2.05) is 21.9 Å². The van der Waals surface area contributed by atoms with E-state index < -0.39 is 0 Å². The molecule has 2 aliphatic heterocycles. The number of hydrogen-bond acceptors (Lipinski definition) is 4. The van der Waals surface area contributed by atoms with Crippen LogP contribution in [0, 0.1) is 5.92 Å². The van der Waals surface area contributed by atoms with E-state index in [0.717, 1.165) is 62.9 Å². The molecule has 3 heterocycles. The van der Waals surface area contributed by atoms with Gasteiger partial charge in [-0.2, -0.15) is 0 Å². The lowest BCUT2D eigenvalue weighted by atomic mass is 9.93. The Morgan fingerprint density at radius 3 is 2.78 bits per heavy atom. The second kappa shape index (κ2) is 7.68. The zero-order valence-corrected chi connectivity index (χ0v) is 15.5. The number of carbonyl (C=O) groups is 2. The molecule has 0 unspecified atom stereocenters. The standard InChI is InChI=1S/C20H26N4O3/c25-13-18-21-16-4-3-15(12-17(16)22-18)20(27)24-10-6-14(7-11-24)5-9-23-8-1-2-19(23)26/h3-4,12,14,25H,1-2,5-11,13H2,(H,21,22). The molecule has 1 aromatic heterocycles. The Balaban J connectivity index is 1.32. The minimum Gasteiger partial charge on any atom is -0.388 e. The van der Waals surface area contributed by atoms with Gasteiger partial charge in [0, 0.05) is 38.2 Å². The van der Waals surface area contributed by atoms with Crippen LogP contribution in [0.4, 0.5) is 0 Å².